The van der Waals surface area contributed by atoms with Crippen LogP contribution in [0.2, 0.25) is 5.02 Å². The fourth-order valence-electron chi connectivity index (χ4n) is 1.11. The number of hydrogen-bond donors (Lipinski definition) is 0. The van der Waals surface area contributed by atoms with E-state index in [2.05, 4.69) is 22.0 Å². The van der Waals surface area contributed by atoms with Gasteiger partial charge in [0.15, 0.2) is 0 Å². The van der Waals surface area contributed by atoms with E-state index in [4.69, 9.17) is 16.3 Å². The highest BCUT2D eigenvalue weighted by atomic mass is 79.9. The molecule has 0 aliphatic rings. The number of halogens is 2. The van der Waals surface area contributed by atoms with Gasteiger partial charge in [-0.1, -0.05) is 39.7 Å². The summed E-state index contributed by atoms with van der Waals surface area (Å²) in [5.41, 5.74) is 1.01. The minimum absolute atomic E-state index is 0.726. The van der Waals surface area contributed by atoms with Crippen molar-refractivity contribution < 1.29 is 4.74 Å². The van der Waals surface area contributed by atoms with Gasteiger partial charge < -0.3 is 4.74 Å². The van der Waals surface area contributed by atoms with Crippen LogP contribution in [-0.4, -0.2) is 12.4 Å². The number of ether oxygens (including phenoxy) is 1. The summed E-state index contributed by atoms with van der Waals surface area (Å²) >= 11 is 9.25. The van der Waals surface area contributed by atoms with Gasteiger partial charge in [0, 0.05) is 15.9 Å². The molecular formula is C11H12BrClO. The number of alkyl halides is 1. The van der Waals surface area contributed by atoms with Crippen molar-refractivity contribution in [1.29, 1.82) is 0 Å². The van der Waals surface area contributed by atoms with Crippen molar-refractivity contribution >= 4 is 33.6 Å². The van der Waals surface area contributed by atoms with E-state index in [1.165, 1.54) is 0 Å². The molecule has 0 saturated carbocycles. The molecule has 0 saturated heterocycles. The second-order valence-corrected chi connectivity index (χ2v) is 4.00. The van der Waals surface area contributed by atoms with Crippen LogP contribution in [0.3, 0.4) is 0 Å². The molecule has 14 heavy (non-hydrogen) atoms. The molecule has 0 radical (unpaired) electrons. The van der Waals surface area contributed by atoms with E-state index in [0.717, 1.165) is 28.1 Å². The number of hydrogen-bond acceptors (Lipinski definition) is 1. The van der Waals surface area contributed by atoms with Crippen molar-refractivity contribution in [1.82, 2.24) is 0 Å². The maximum Gasteiger partial charge on any atom is 0.126 e. The number of allylic oxidation sites excluding steroid dienone is 1. The van der Waals surface area contributed by atoms with Crippen LogP contribution < -0.4 is 4.74 Å². The van der Waals surface area contributed by atoms with Gasteiger partial charge in [-0.25, -0.2) is 0 Å². The van der Waals surface area contributed by atoms with Crippen LogP contribution in [-0.2, 0) is 0 Å². The molecule has 0 unspecified atom stereocenters. The maximum absolute atomic E-state index is 5.89. The number of rotatable bonds is 4. The van der Waals surface area contributed by atoms with Crippen molar-refractivity contribution in [2.45, 2.75) is 6.42 Å². The maximum atomic E-state index is 5.89. The van der Waals surface area contributed by atoms with E-state index in [-0.39, 0.29) is 0 Å². The molecule has 1 aromatic carbocycles. The molecule has 76 valence electrons. The lowest BCUT2D eigenvalue weighted by molar-refractivity contribution is 0.414. The largest absolute Gasteiger partial charge is 0.496 e. The minimum atomic E-state index is 0.726. The highest BCUT2D eigenvalue weighted by molar-refractivity contribution is 9.09. The Kier molecular flexibility index (Phi) is 5.05. The summed E-state index contributed by atoms with van der Waals surface area (Å²) in [6.45, 7) is 0. The van der Waals surface area contributed by atoms with Crippen LogP contribution in [0.15, 0.2) is 24.3 Å². The van der Waals surface area contributed by atoms with Gasteiger partial charge in [-0.3, -0.25) is 0 Å². The molecule has 0 fully saturated rings. The summed E-state index contributed by atoms with van der Waals surface area (Å²) in [5.74, 6) is 0.847. The zero-order valence-electron chi connectivity index (χ0n) is 7.97. The standard InChI is InChI=1S/C11H12BrClO/c1-14-11-6-5-10(13)8-9(11)4-2-3-7-12/h2,4-6,8H,3,7H2,1H3/b4-2+. The Balaban J connectivity index is 2.87. The average Bonchev–Trinajstić information content (AvgIpc) is 2.19. The van der Waals surface area contributed by atoms with Gasteiger partial charge in [-0.05, 0) is 24.6 Å². The molecule has 0 aliphatic carbocycles. The molecule has 1 nitrogen and oxygen atoms in total. The second kappa shape index (κ2) is 6.10. The van der Waals surface area contributed by atoms with E-state index >= 15 is 0 Å². The first-order valence-electron chi connectivity index (χ1n) is 4.34. The lowest BCUT2D eigenvalue weighted by Gasteiger charge is -2.04. The molecule has 0 atom stereocenters. The molecular weight excluding hydrogens is 263 g/mol. The zero-order valence-corrected chi connectivity index (χ0v) is 10.3. The summed E-state index contributed by atoms with van der Waals surface area (Å²) < 4.78 is 5.21. The monoisotopic (exact) mass is 274 g/mol. The van der Waals surface area contributed by atoms with Gasteiger partial charge in [0.05, 0.1) is 7.11 Å². The van der Waals surface area contributed by atoms with Gasteiger partial charge in [0.2, 0.25) is 0 Å². The predicted octanol–water partition coefficient (Wildman–Crippen LogP) is 4.15. The molecule has 0 spiro atoms. The molecule has 1 rings (SSSR count). The third kappa shape index (κ3) is 3.35. The lowest BCUT2D eigenvalue weighted by Crippen LogP contribution is -1.86. The van der Waals surface area contributed by atoms with Crippen molar-refractivity contribution in [2.75, 3.05) is 12.4 Å². The second-order valence-electron chi connectivity index (χ2n) is 2.77. The van der Waals surface area contributed by atoms with Gasteiger partial charge in [-0.15, -0.1) is 0 Å². The van der Waals surface area contributed by atoms with Crippen molar-refractivity contribution in [3.05, 3.63) is 34.9 Å². The Morgan fingerprint density at radius 1 is 1.50 bits per heavy atom. The van der Waals surface area contributed by atoms with E-state index < -0.39 is 0 Å². The summed E-state index contributed by atoms with van der Waals surface area (Å²) in [4.78, 5) is 0. The highest BCUT2D eigenvalue weighted by Crippen LogP contribution is 2.23. The Labute approximate surface area is 97.9 Å². The van der Waals surface area contributed by atoms with Gasteiger partial charge >= 0.3 is 0 Å². The normalized spacial score (nSPS) is 10.8. The molecule has 0 bridgehead atoms. The molecule has 0 aliphatic heterocycles. The van der Waals surface area contributed by atoms with E-state index in [9.17, 15) is 0 Å². The van der Waals surface area contributed by atoms with E-state index in [1.807, 2.05) is 24.3 Å². The Bertz CT molecular complexity index is 323. The summed E-state index contributed by atoms with van der Waals surface area (Å²) in [6, 6.07) is 5.59. The third-order valence-corrected chi connectivity index (χ3v) is 2.46. The lowest BCUT2D eigenvalue weighted by atomic mass is 10.2. The minimum Gasteiger partial charge on any atom is -0.496 e. The fraction of sp³-hybridized carbons (Fsp3) is 0.273. The van der Waals surface area contributed by atoms with Gasteiger partial charge in [-0.2, -0.15) is 0 Å². The van der Waals surface area contributed by atoms with Crippen LogP contribution in [0, 0.1) is 0 Å². The van der Waals surface area contributed by atoms with Crippen molar-refractivity contribution in [2.24, 2.45) is 0 Å². The summed E-state index contributed by atoms with van der Waals surface area (Å²) in [6.07, 6.45) is 5.10. The van der Waals surface area contributed by atoms with Gasteiger partial charge in [0.1, 0.15) is 5.75 Å². The van der Waals surface area contributed by atoms with Crippen LogP contribution in [0.1, 0.15) is 12.0 Å². The topological polar surface area (TPSA) is 9.23 Å². The molecule has 1 aromatic rings. The first-order chi connectivity index (χ1) is 6.77. The first kappa shape index (κ1) is 11.6. The smallest absolute Gasteiger partial charge is 0.126 e. The van der Waals surface area contributed by atoms with Crippen molar-refractivity contribution in [3.63, 3.8) is 0 Å². The Hall–Kier alpha value is -0.470. The predicted molar refractivity (Wildman–Crippen MR) is 65.4 cm³/mol. The SMILES string of the molecule is COc1ccc(Cl)cc1/C=C/CCBr. The summed E-state index contributed by atoms with van der Waals surface area (Å²) in [5, 5.41) is 1.69. The molecule has 0 aromatic heterocycles. The quantitative estimate of drug-likeness (QED) is 0.750. The van der Waals surface area contributed by atoms with Crippen LogP contribution >= 0.6 is 27.5 Å². The fourth-order valence-corrected chi connectivity index (χ4v) is 1.55. The molecule has 0 amide bonds. The average molecular weight is 276 g/mol. The zero-order chi connectivity index (χ0) is 10.4. The first-order valence-corrected chi connectivity index (χ1v) is 5.84. The molecule has 3 heteroatoms. The van der Waals surface area contributed by atoms with Crippen LogP contribution in [0.4, 0.5) is 0 Å². The van der Waals surface area contributed by atoms with Crippen LogP contribution in [0.5, 0.6) is 5.75 Å². The summed E-state index contributed by atoms with van der Waals surface area (Å²) in [7, 11) is 1.66. The third-order valence-electron chi connectivity index (χ3n) is 1.76. The Morgan fingerprint density at radius 3 is 2.93 bits per heavy atom. The van der Waals surface area contributed by atoms with Gasteiger partial charge in [0.25, 0.3) is 0 Å². The molecule has 0 heterocycles. The van der Waals surface area contributed by atoms with E-state index in [1.54, 1.807) is 7.11 Å². The number of benzene rings is 1. The van der Waals surface area contributed by atoms with E-state index in [0.29, 0.717) is 0 Å². The Morgan fingerprint density at radius 2 is 2.29 bits per heavy atom. The number of methoxy groups -OCH3 is 1. The molecule has 0 N–H and O–H groups in total. The highest BCUT2D eigenvalue weighted by Gasteiger charge is 1.99. The van der Waals surface area contributed by atoms with Crippen molar-refractivity contribution in [3.8, 4) is 5.75 Å². The van der Waals surface area contributed by atoms with Crippen LogP contribution in [0.25, 0.3) is 6.08 Å².